The summed E-state index contributed by atoms with van der Waals surface area (Å²) in [6.45, 7) is 14.1. The maximum absolute atomic E-state index is 5.78. The van der Waals surface area contributed by atoms with Gasteiger partial charge in [-0.2, -0.15) is 4.98 Å². The summed E-state index contributed by atoms with van der Waals surface area (Å²) >= 11 is 0. The number of guanidine groups is 1. The van der Waals surface area contributed by atoms with Gasteiger partial charge in [-0.1, -0.05) is 25.9 Å². The Morgan fingerprint density at radius 1 is 1.25 bits per heavy atom. The van der Waals surface area contributed by atoms with Gasteiger partial charge in [-0.05, 0) is 20.8 Å². The van der Waals surface area contributed by atoms with E-state index in [0.29, 0.717) is 36.7 Å². The highest BCUT2D eigenvalue weighted by Crippen LogP contribution is 2.22. The van der Waals surface area contributed by atoms with Crippen LogP contribution < -0.4 is 10.6 Å². The van der Waals surface area contributed by atoms with Gasteiger partial charge in [0.15, 0.2) is 11.8 Å². The number of hydrogen-bond acceptors (Lipinski definition) is 7. The first-order chi connectivity index (χ1) is 12.8. The molecule has 0 aromatic carbocycles. The molecule has 2 aromatic heterocycles. The number of rotatable bonds is 8. The molecule has 0 saturated carbocycles. The summed E-state index contributed by atoms with van der Waals surface area (Å²) in [6, 6.07) is 0. The van der Waals surface area contributed by atoms with E-state index in [9.17, 15) is 0 Å². The van der Waals surface area contributed by atoms with Gasteiger partial charge in [0.2, 0.25) is 11.8 Å². The van der Waals surface area contributed by atoms with Gasteiger partial charge in [-0.15, -0.1) is 24.0 Å². The van der Waals surface area contributed by atoms with Crippen molar-refractivity contribution in [1.82, 2.24) is 25.8 Å². The van der Waals surface area contributed by atoms with E-state index in [1.807, 2.05) is 20.8 Å². The Morgan fingerprint density at radius 2 is 2.00 bits per heavy atom. The maximum atomic E-state index is 5.78. The molecule has 2 N–H and O–H groups in total. The molecule has 10 heteroatoms. The third-order valence-corrected chi connectivity index (χ3v) is 3.68. The van der Waals surface area contributed by atoms with Crippen LogP contribution in [0.25, 0.3) is 0 Å². The van der Waals surface area contributed by atoms with E-state index in [1.54, 1.807) is 6.20 Å². The zero-order chi connectivity index (χ0) is 19.9. The van der Waals surface area contributed by atoms with Crippen molar-refractivity contribution in [1.29, 1.82) is 0 Å². The molecule has 1 unspecified atom stereocenters. The highest BCUT2D eigenvalue weighted by Gasteiger charge is 2.19. The van der Waals surface area contributed by atoms with E-state index in [-0.39, 0.29) is 42.0 Å². The van der Waals surface area contributed by atoms with Crippen LogP contribution in [0, 0.1) is 0 Å². The average molecular weight is 506 g/mol. The van der Waals surface area contributed by atoms with E-state index < -0.39 is 0 Å². The van der Waals surface area contributed by atoms with Gasteiger partial charge in [0.05, 0.1) is 12.7 Å². The Labute approximate surface area is 183 Å². The number of nitrogens with one attached hydrogen (secondary N) is 2. The number of ether oxygens (including phenoxy) is 1. The lowest BCUT2D eigenvalue weighted by atomic mass is 9.94. The Hall–Kier alpha value is -1.69. The molecule has 0 radical (unpaired) electrons. The first kappa shape index (κ1) is 24.3. The molecule has 9 nitrogen and oxygen atoms in total. The highest BCUT2D eigenvalue weighted by molar-refractivity contribution is 14.0. The van der Waals surface area contributed by atoms with Gasteiger partial charge in [0.1, 0.15) is 18.4 Å². The van der Waals surface area contributed by atoms with Crippen LogP contribution in [0.4, 0.5) is 0 Å². The van der Waals surface area contributed by atoms with E-state index in [4.69, 9.17) is 13.7 Å². The summed E-state index contributed by atoms with van der Waals surface area (Å²) < 4.78 is 16.5. The highest BCUT2D eigenvalue weighted by atomic mass is 127. The lowest BCUT2D eigenvalue weighted by molar-refractivity contribution is 0.0683. The van der Waals surface area contributed by atoms with Crippen molar-refractivity contribution >= 4 is 29.9 Å². The van der Waals surface area contributed by atoms with Crippen molar-refractivity contribution in [3.8, 4) is 0 Å². The minimum Gasteiger partial charge on any atom is -0.443 e. The smallest absolute Gasteiger partial charge is 0.248 e. The summed E-state index contributed by atoms with van der Waals surface area (Å²) in [7, 11) is 0. The molecule has 2 heterocycles. The fraction of sp³-hybridized carbons (Fsp3) is 0.667. The van der Waals surface area contributed by atoms with Gasteiger partial charge in [0, 0.05) is 18.6 Å². The molecular formula is C18H31IN6O3. The van der Waals surface area contributed by atoms with Crippen LogP contribution in [-0.2, 0) is 23.2 Å². The molecule has 2 rings (SSSR count). The Bertz CT molecular complexity index is 738. The fourth-order valence-corrected chi connectivity index (χ4v) is 2.21. The number of halogens is 1. The third kappa shape index (κ3) is 7.38. The average Bonchev–Trinajstić information content (AvgIpc) is 3.26. The van der Waals surface area contributed by atoms with Gasteiger partial charge >= 0.3 is 0 Å². The number of nitrogens with zero attached hydrogens (tertiary/aromatic N) is 4. The first-order valence-corrected chi connectivity index (χ1v) is 9.24. The van der Waals surface area contributed by atoms with Crippen molar-refractivity contribution in [2.75, 3.05) is 13.2 Å². The van der Waals surface area contributed by atoms with Gasteiger partial charge in [-0.25, -0.2) is 9.98 Å². The standard InChI is InChI=1S/C18H30N6O3.HI/c1-7-19-17(21-10-14-20-9-13(26-14)18(4,5)6)22-11-15-23-16(24-27-15)12(3)25-8-2;/h9,12H,7-8,10-11H2,1-6H3,(H2,19,21,22);1H. The SMILES string of the molecule is CCNC(=NCc1nc(C(C)OCC)no1)NCc1ncc(C(C)(C)C)o1.I. The molecule has 158 valence electrons. The van der Waals surface area contributed by atoms with E-state index >= 15 is 0 Å². The van der Waals surface area contributed by atoms with Crippen LogP contribution in [0.1, 0.15) is 71.0 Å². The number of aromatic nitrogens is 3. The minimum atomic E-state index is -0.204. The summed E-state index contributed by atoms with van der Waals surface area (Å²) in [6.07, 6.45) is 1.56. The van der Waals surface area contributed by atoms with Crippen LogP contribution in [0.5, 0.6) is 0 Å². The molecule has 0 aliphatic rings. The largest absolute Gasteiger partial charge is 0.443 e. The number of aliphatic imine (C=N–C) groups is 1. The maximum Gasteiger partial charge on any atom is 0.248 e. The molecule has 0 aliphatic heterocycles. The van der Waals surface area contributed by atoms with E-state index in [2.05, 4.69) is 51.5 Å². The lowest BCUT2D eigenvalue weighted by Crippen LogP contribution is -2.36. The van der Waals surface area contributed by atoms with Crippen LogP contribution in [0.2, 0.25) is 0 Å². The molecule has 0 bridgehead atoms. The molecule has 2 aromatic rings. The Balaban J connectivity index is 0.00000392. The van der Waals surface area contributed by atoms with Gasteiger partial charge in [-0.3, -0.25) is 0 Å². The van der Waals surface area contributed by atoms with E-state index in [1.165, 1.54) is 0 Å². The van der Waals surface area contributed by atoms with Crippen LogP contribution in [-0.4, -0.2) is 34.2 Å². The van der Waals surface area contributed by atoms with Gasteiger partial charge < -0.3 is 24.3 Å². The quantitative estimate of drug-likeness (QED) is 0.319. The minimum absolute atomic E-state index is 0. The second-order valence-electron chi connectivity index (χ2n) is 7.06. The number of hydrogen-bond donors (Lipinski definition) is 2. The fourth-order valence-electron chi connectivity index (χ4n) is 2.21. The lowest BCUT2D eigenvalue weighted by Gasteiger charge is -2.13. The van der Waals surface area contributed by atoms with Crippen molar-refractivity contribution < 1.29 is 13.7 Å². The Kier molecular flexibility index (Phi) is 9.87. The van der Waals surface area contributed by atoms with Crippen LogP contribution >= 0.6 is 24.0 Å². The molecule has 0 amide bonds. The van der Waals surface area contributed by atoms with Gasteiger partial charge in [0.25, 0.3) is 0 Å². The molecule has 1 atom stereocenters. The topological polar surface area (TPSA) is 111 Å². The van der Waals surface area contributed by atoms with Crippen LogP contribution in [0.15, 0.2) is 20.1 Å². The third-order valence-electron chi connectivity index (χ3n) is 3.68. The monoisotopic (exact) mass is 506 g/mol. The second-order valence-corrected chi connectivity index (χ2v) is 7.06. The molecule has 0 spiro atoms. The predicted molar refractivity (Wildman–Crippen MR) is 117 cm³/mol. The number of oxazole rings is 1. The first-order valence-electron chi connectivity index (χ1n) is 9.24. The molecule has 28 heavy (non-hydrogen) atoms. The van der Waals surface area contributed by atoms with Crippen molar-refractivity contribution in [3.05, 3.63) is 29.6 Å². The zero-order valence-electron chi connectivity index (χ0n) is 17.4. The van der Waals surface area contributed by atoms with Crippen molar-refractivity contribution in [2.24, 2.45) is 4.99 Å². The summed E-state index contributed by atoms with van der Waals surface area (Å²) in [5.74, 6) is 3.03. The predicted octanol–water partition coefficient (Wildman–Crippen LogP) is 3.33. The molecule has 0 fully saturated rings. The molecular weight excluding hydrogens is 475 g/mol. The van der Waals surface area contributed by atoms with Crippen molar-refractivity contribution in [2.45, 2.75) is 66.2 Å². The summed E-state index contributed by atoms with van der Waals surface area (Å²) in [5, 5.41) is 10.3. The summed E-state index contributed by atoms with van der Waals surface area (Å²) in [5.41, 5.74) is -0.0713. The molecule has 0 saturated heterocycles. The Morgan fingerprint density at radius 3 is 2.61 bits per heavy atom. The zero-order valence-corrected chi connectivity index (χ0v) is 19.7. The van der Waals surface area contributed by atoms with Crippen molar-refractivity contribution in [3.63, 3.8) is 0 Å². The van der Waals surface area contributed by atoms with E-state index in [0.717, 1.165) is 12.3 Å². The normalized spacial score (nSPS) is 13.1. The van der Waals surface area contributed by atoms with Crippen LogP contribution in [0.3, 0.4) is 0 Å². The molecule has 0 aliphatic carbocycles. The second kappa shape index (κ2) is 11.3. The summed E-state index contributed by atoms with van der Waals surface area (Å²) in [4.78, 5) is 13.1.